The number of hydrogen-bond donors (Lipinski definition) is 2. The molecule has 0 bridgehead atoms. The van der Waals surface area contributed by atoms with Crippen LogP contribution in [-0.4, -0.2) is 57.5 Å². The lowest BCUT2D eigenvalue weighted by atomic mass is 10.1. The molecule has 0 saturated carbocycles. The summed E-state index contributed by atoms with van der Waals surface area (Å²) in [6.07, 6.45) is -0.857. The van der Waals surface area contributed by atoms with Crippen molar-refractivity contribution in [3.8, 4) is 5.75 Å². The van der Waals surface area contributed by atoms with Gasteiger partial charge in [-0.3, -0.25) is 14.3 Å². The molecule has 0 aromatic heterocycles. The lowest BCUT2D eigenvalue weighted by molar-refractivity contribution is -0.133. The van der Waals surface area contributed by atoms with Crippen LogP contribution < -0.4 is 15.2 Å². The van der Waals surface area contributed by atoms with Gasteiger partial charge in [0.1, 0.15) is 5.75 Å². The molecule has 9 nitrogen and oxygen atoms in total. The minimum atomic E-state index is -3.84. The summed E-state index contributed by atoms with van der Waals surface area (Å²) in [7, 11) is -3.84. The summed E-state index contributed by atoms with van der Waals surface area (Å²) in [6.45, 7) is 2.88. The summed E-state index contributed by atoms with van der Waals surface area (Å²) in [6, 6.07) is 12.2. The van der Waals surface area contributed by atoms with Gasteiger partial charge in [0.2, 0.25) is 5.91 Å². The average molecular weight is 433 g/mol. The van der Waals surface area contributed by atoms with Crippen molar-refractivity contribution in [2.24, 2.45) is 5.73 Å². The molecule has 0 radical (unpaired) electrons. The molecule has 160 valence electrons. The van der Waals surface area contributed by atoms with Gasteiger partial charge in [-0.2, -0.15) is 0 Å². The zero-order valence-corrected chi connectivity index (χ0v) is 17.2. The Morgan fingerprint density at radius 2 is 1.97 bits per heavy atom. The van der Waals surface area contributed by atoms with E-state index in [1.54, 1.807) is 30.3 Å². The van der Waals surface area contributed by atoms with E-state index in [2.05, 4.69) is 4.72 Å². The number of rotatable bonds is 7. The number of morpholine rings is 1. The summed E-state index contributed by atoms with van der Waals surface area (Å²) in [5.41, 5.74) is 5.79. The highest BCUT2D eigenvalue weighted by atomic mass is 32.2. The summed E-state index contributed by atoms with van der Waals surface area (Å²) in [4.78, 5) is 25.6. The third-order valence-corrected chi connectivity index (χ3v) is 5.87. The maximum absolute atomic E-state index is 12.8. The predicted molar refractivity (Wildman–Crippen MR) is 110 cm³/mol. The fraction of sp³-hybridized carbons (Fsp3) is 0.300. The smallest absolute Gasteiger partial charge is 0.261 e. The van der Waals surface area contributed by atoms with Gasteiger partial charge in [-0.1, -0.05) is 6.07 Å². The van der Waals surface area contributed by atoms with Crippen LogP contribution >= 0.6 is 0 Å². The summed E-state index contributed by atoms with van der Waals surface area (Å²) >= 11 is 0. The van der Waals surface area contributed by atoms with E-state index in [-0.39, 0.29) is 35.2 Å². The van der Waals surface area contributed by atoms with Gasteiger partial charge in [0, 0.05) is 17.8 Å². The number of nitrogens with zero attached hydrogens (tertiary/aromatic N) is 1. The van der Waals surface area contributed by atoms with Crippen molar-refractivity contribution in [3.05, 3.63) is 54.1 Å². The van der Waals surface area contributed by atoms with Gasteiger partial charge in [-0.05, 0) is 49.4 Å². The minimum absolute atomic E-state index is 0.0519. The monoisotopic (exact) mass is 433 g/mol. The first-order valence-corrected chi connectivity index (χ1v) is 10.8. The highest BCUT2D eigenvalue weighted by molar-refractivity contribution is 7.92. The summed E-state index contributed by atoms with van der Waals surface area (Å²) in [5, 5.41) is 0. The molecule has 0 spiro atoms. The van der Waals surface area contributed by atoms with Crippen LogP contribution in [0.3, 0.4) is 0 Å². The number of anilines is 1. The minimum Gasteiger partial charge on any atom is -0.494 e. The van der Waals surface area contributed by atoms with Crippen molar-refractivity contribution in [2.45, 2.75) is 17.9 Å². The van der Waals surface area contributed by atoms with Gasteiger partial charge >= 0.3 is 0 Å². The van der Waals surface area contributed by atoms with Gasteiger partial charge in [0.25, 0.3) is 15.9 Å². The lowest BCUT2D eigenvalue weighted by Gasteiger charge is -2.31. The molecule has 2 aromatic carbocycles. The van der Waals surface area contributed by atoms with Crippen LogP contribution in [0.2, 0.25) is 0 Å². The molecule has 3 rings (SSSR count). The van der Waals surface area contributed by atoms with Crippen molar-refractivity contribution in [3.63, 3.8) is 0 Å². The zero-order valence-electron chi connectivity index (χ0n) is 16.4. The predicted octanol–water partition coefficient (Wildman–Crippen LogP) is 1.21. The van der Waals surface area contributed by atoms with Crippen LogP contribution in [0.25, 0.3) is 0 Å². The van der Waals surface area contributed by atoms with Crippen LogP contribution in [0, 0.1) is 0 Å². The van der Waals surface area contributed by atoms with Crippen molar-refractivity contribution in [1.29, 1.82) is 0 Å². The molecule has 30 heavy (non-hydrogen) atoms. The van der Waals surface area contributed by atoms with Crippen LogP contribution in [-0.2, 0) is 19.6 Å². The number of benzene rings is 2. The first kappa shape index (κ1) is 21.6. The number of ether oxygens (including phenoxy) is 2. The van der Waals surface area contributed by atoms with E-state index >= 15 is 0 Å². The highest BCUT2D eigenvalue weighted by Crippen LogP contribution is 2.21. The zero-order chi connectivity index (χ0) is 21.7. The van der Waals surface area contributed by atoms with Gasteiger partial charge in [-0.15, -0.1) is 0 Å². The Labute approximate surface area is 174 Å². The maximum atomic E-state index is 12.8. The molecule has 1 atom stereocenters. The van der Waals surface area contributed by atoms with Gasteiger partial charge in [-0.25, -0.2) is 8.42 Å². The first-order chi connectivity index (χ1) is 14.3. The van der Waals surface area contributed by atoms with Gasteiger partial charge in [0.15, 0.2) is 6.10 Å². The normalized spacial score (nSPS) is 16.7. The molecule has 0 aliphatic carbocycles. The molecular weight excluding hydrogens is 410 g/mol. The molecule has 3 N–H and O–H groups in total. The van der Waals surface area contributed by atoms with Crippen LogP contribution in [0.15, 0.2) is 53.4 Å². The Morgan fingerprint density at radius 1 is 1.23 bits per heavy atom. The van der Waals surface area contributed by atoms with E-state index in [1.807, 2.05) is 6.92 Å². The molecule has 10 heteroatoms. The van der Waals surface area contributed by atoms with Crippen molar-refractivity contribution >= 4 is 27.5 Å². The van der Waals surface area contributed by atoms with Crippen LogP contribution in [0.1, 0.15) is 17.3 Å². The standard InChI is InChI=1S/C20H23N3O6S/c1-2-28-16-6-8-17(9-7-16)30(26,27)22-15-5-3-4-14(12-15)20(25)23-10-11-29-18(13-23)19(21)24/h3-9,12,18,22H,2,10-11,13H2,1H3,(H2,21,24). The number of sulfonamides is 1. The van der Waals surface area contributed by atoms with Gasteiger partial charge < -0.3 is 20.1 Å². The van der Waals surface area contributed by atoms with E-state index in [0.717, 1.165) is 0 Å². The third-order valence-electron chi connectivity index (χ3n) is 4.48. The second-order valence-electron chi connectivity index (χ2n) is 6.60. The van der Waals surface area contributed by atoms with Crippen LogP contribution in [0.4, 0.5) is 5.69 Å². The van der Waals surface area contributed by atoms with E-state index in [9.17, 15) is 18.0 Å². The van der Waals surface area contributed by atoms with E-state index in [4.69, 9.17) is 15.2 Å². The molecule has 2 amide bonds. The lowest BCUT2D eigenvalue weighted by Crippen LogP contribution is -2.50. The van der Waals surface area contributed by atoms with Crippen LogP contribution in [0.5, 0.6) is 5.75 Å². The third kappa shape index (κ3) is 5.08. The molecule has 2 aromatic rings. The number of hydrogen-bond acceptors (Lipinski definition) is 6. The first-order valence-electron chi connectivity index (χ1n) is 9.36. The number of carbonyl (C=O) groups excluding carboxylic acids is 2. The number of carbonyl (C=O) groups is 2. The molecule has 1 heterocycles. The second-order valence-corrected chi connectivity index (χ2v) is 8.29. The quantitative estimate of drug-likeness (QED) is 0.676. The Hall–Kier alpha value is -3.11. The van der Waals surface area contributed by atoms with Crippen molar-refractivity contribution < 1.29 is 27.5 Å². The molecular formula is C20H23N3O6S. The fourth-order valence-electron chi connectivity index (χ4n) is 3.00. The molecule has 1 aliphatic rings. The Morgan fingerprint density at radius 3 is 2.63 bits per heavy atom. The number of primary amides is 1. The summed E-state index contributed by atoms with van der Waals surface area (Å²) in [5.74, 6) is -0.403. The molecule has 1 unspecified atom stereocenters. The molecule has 1 aliphatic heterocycles. The van der Waals surface area contributed by atoms with Crippen molar-refractivity contribution in [1.82, 2.24) is 4.90 Å². The van der Waals surface area contributed by atoms with E-state index in [0.29, 0.717) is 18.9 Å². The highest BCUT2D eigenvalue weighted by Gasteiger charge is 2.28. The fourth-order valence-corrected chi connectivity index (χ4v) is 4.05. The number of amides is 2. The Balaban J connectivity index is 1.74. The van der Waals surface area contributed by atoms with E-state index < -0.39 is 22.0 Å². The van der Waals surface area contributed by atoms with Gasteiger partial charge in [0.05, 0.1) is 24.7 Å². The number of nitrogens with one attached hydrogen (secondary N) is 1. The largest absolute Gasteiger partial charge is 0.494 e. The molecule has 1 saturated heterocycles. The van der Waals surface area contributed by atoms with Crippen molar-refractivity contribution in [2.75, 3.05) is 31.0 Å². The second kappa shape index (κ2) is 9.14. The topological polar surface area (TPSA) is 128 Å². The Bertz CT molecular complexity index is 1020. The SMILES string of the molecule is CCOc1ccc(S(=O)(=O)Nc2cccc(C(=O)N3CCOC(C(N)=O)C3)c2)cc1. The Kier molecular flexibility index (Phi) is 6.58. The summed E-state index contributed by atoms with van der Waals surface area (Å²) < 4.78 is 38.4. The maximum Gasteiger partial charge on any atom is 0.261 e. The number of nitrogens with two attached hydrogens (primary N) is 1. The average Bonchev–Trinajstić information content (AvgIpc) is 2.74. The molecule has 1 fully saturated rings. The van der Waals surface area contributed by atoms with E-state index in [1.165, 1.54) is 23.1 Å².